The Morgan fingerprint density at radius 2 is 1.94 bits per heavy atom. The molecule has 1 aliphatic rings. The van der Waals surface area contributed by atoms with E-state index in [4.69, 9.17) is 16.7 Å². The Morgan fingerprint density at radius 3 is 2.64 bits per heavy atom. The number of halogens is 1. The number of benzene rings is 2. The maximum Gasteiger partial charge on any atom is 0.241 e. The summed E-state index contributed by atoms with van der Waals surface area (Å²) in [5, 5.41) is 8.92. The van der Waals surface area contributed by atoms with E-state index < -0.39 is 10.0 Å². The predicted octanol–water partition coefficient (Wildman–Crippen LogP) is 2.00. The molecule has 11 heteroatoms. The Kier molecular flexibility index (Phi) is 6.24. The summed E-state index contributed by atoms with van der Waals surface area (Å²) in [5.74, 6) is 0.126. The summed E-state index contributed by atoms with van der Waals surface area (Å²) in [5.41, 5.74) is 1.21. The molecule has 4 rings (SSSR count). The first-order valence-electron chi connectivity index (χ1n) is 10.1. The average molecular weight is 488 g/mol. The molecule has 0 atom stereocenters. The molecule has 2 amide bonds. The number of sulfonamides is 1. The van der Waals surface area contributed by atoms with Crippen LogP contribution in [0.4, 0.5) is 11.5 Å². The van der Waals surface area contributed by atoms with Crippen LogP contribution in [0.1, 0.15) is 5.56 Å². The van der Waals surface area contributed by atoms with E-state index in [1.165, 1.54) is 6.07 Å². The number of hydrogen-bond acceptors (Lipinski definition) is 6. The second-order valence-corrected chi connectivity index (χ2v) is 9.75. The highest BCUT2D eigenvalue weighted by Crippen LogP contribution is 2.28. The number of primary sulfonamides is 1. The van der Waals surface area contributed by atoms with Gasteiger partial charge in [0, 0.05) is 36.2 Å². The number of pyridine rings is 1. The molecule has 3 aromatic rings. The summed E-state index contributed by atoms with van der Waals surface area (Å²) < 4.78 is 24.5. The Hall–Kier alpha value is -3.21. The molecule has 1 saturated heterocycles. The number of carbonyl (C=O) groups excluding carboxylic acids is 2. The molecule has 1 aliphatic heterocycles. The normalized spacial score (nSPS) is 14.6. The number of hydrogen-bond donors (Lipinski definition) is 2. The molecule has 0 aliphatic carbocycles. The van der Waals surface area contributed by atoms with Gasteiger partial charge in [0.25, 0.3) is 0 Å². The van der Waals surface area contributed by atoms with Crippen molar-refractivity contribution < 1.29 is 18.0 Å². The fraction of sp³-hybridized carbons (Fsp3) is 0.227. The molecule has 2 aromatic carbocycles. The molecular weight excluding hydrogens is 466 g/mol. The van der Waals surface area contributed by atoms with E-state index in [0.29, 0.717) is 40.4 Å². The number of rotatable bonds is 5. The van der Waals surface area contributed by atoms with Crippen molar-refractivity contribution in [2.24, 2.45) is 5.14 Å². The van der Waals surface area contributed by atoms with E-state index >= 15 is 0 Å². The third kappa shape index (κ3) is 5.08. The monoisotopic (exact) mass is 487 g/mol. The van der Waals surface area contributed by atoms with Crippen molar-refractivity contribution in [1.29, 1.82) is 0 Å². The van der Waals surface area contributed by atoms with Crippen LogP contribution in [-0.4, -0.2) is 56.8 Å². The van der Waals surface area contributed by atoms with Gasteiger partial charge in [-0.05, 0) is 35.9 Å². The Morgan fingerprint density at radius 1 is 1.18 bits per heavy atom. The minimum absolute atomic E-state index is 0.0132. The van der Waals surface area contributed by atoms with Gasteiger partial charge >= 0.3 is 0 Å². The van der Waals surface area contributed by atoms with Crippen LogP contribution in [0.2, 0.25) is 5.02 Å². The number of fused-ring (bicyclic) bond motifs is 1. The zero-order chi connectivity index (χ0) is 23.8. The lowest BCUT2D eigenvalue weighted by molar-refractivity contribution is -0.129. The first-order chi connectivity index (χ1) is 15.6. The standard InChI is InChI=1S/C22H22ClN5O4S/c1-27-8-9-28(13-22(27)30)20-7-6-16-18(26-20)11-15(12-19(16)33(24,31)32)25-21(29)10-14-4-2-3-5-17(14)23/h2-7,11-12H,8-10,13H2,1H3,(H,25,29)(H2,24,31,32). The molecule has 172 valence electrons. The number of nitrogens with two attached hydrogens (primary N) is 1. The zero-order valence-electron chi connectivity index (χ0n) is 17.8. The largest absolute Gasteiger partial charge is 0.346 e. The highest BCUT2D eigenvalue weighted by Gasteiger charge is 2.23. The fourth-order valence-electron chi connectivity index (χ4n) is 3.65. The summed E-state index contributed by atoms with van der Waals surface area (Å²) in [6, 6.07) is 13.1. The topological polar surface area (TPSA) is 126 Å². The highest BCUT2D eigenvalue weighted by atomic mass is 35.5. The molecule has 0 bridgehead atoms. The average Bonchev–Trinajstić information content (AvgIpc) is 2.75. The van der Waals surface area contributed by atoms with Gasteiger partial charge in [0.1, 0.15) is 5.82 Å². The first kappa shape index (κ1) is 23.0. The van der Waals surface area contributed by atoms with Gasteiger partial charge < -0.3 is 15.1 Å². The Balaban J connectivity index is 1.68. The van der Waals surface area contributed by atoms with E-state index in [1.54, 1.807) is 54.4 Å². The summed E-state index contributed by atoms with van der Waals surface area (Å²) >= 11 is 6.13. The Labute approximate surface area is 196 Å². The molecule has 9 nitrogen and oxygen atoms in total. The minimum atomic E-state index is -4.09. The number of carbonyl (C=O) groups is 2. The maximum absolute atomic E-state index is 12.6. The number of likely N-dealkylation sites (N-methyl/N-ethyl adjacent to an activating group) is 1. The fourth-order valence-corrected chi connectivity index (χ4v) is 4.62. The number of piperazine rings is 1. The van der Waals surface area contributed by atoms with Gasteiger partial charge in [0.05, 0.1) is 23.4 Å². The molecule has 1 aromatic heterocycles. The van der Waals surface area contributed by atoms with Crippen LogP contribution in [0.15, 0.2) is 53.4 Å². The van der Waals surface area contributed by atoms with E-state index in [-0.39, 0.29) is 35.4 Å². The molecule has 3 N–H and O–H groups in total. The molecule has 1 fully saturated rings. The lowest BCUT2D eigenvalue weighted by atomic mass is 10.1. The van der Waals surface area contributed by atoms with Crippen LogP contribution in [0.3, 0.4) is 0 Å². The van der Waals surface area contributed by atoms with Crippen LogP contribution in [0, 0.1) is 0 Å². The van der Waals surface area contributed by atoms with Gasteiger partial charge in [-0.3, -0.25) is 9.59 Å². The molecule has 0 saturated carbocycles. The summed E-state index contributed by atoms with van der Waals surface area (Å²) in [4.78, 5) is 32.5. The summed E-state index contributed by atoms with van der Waals surface area (Å²) in [7, 11) is -2.35. The van der Waals surface area contributed by atoms with Gasteiger partial charge in [-0.25, -0.2) is 18.5 Å². The van der Waals surface area contributed by atoms with Crippen molar-refractivity contribution in [3.8, 4) is 0 Å². The minimum Gasteiger partial charge on any atom is -0.346 e. The molecular formula is C22H22ClN5O4S. The first-order valence-corrected chi connectivity index (χ1v) is 12.0. The number of amides is 2. The molecule has 0 unspecified atom stereocenters. The Bertz CT molecular complexity index is 1360. The zero-order valence-corrected chi connectivity index (χ0v) is 19.4. The van der Waals surface area contributed by atoms with E-state index in [9.17, 15) is 18.0 Å². The lowest BCUT2D eigenvalue weighted by Gasteiger charge is -2.32. The number of anilines is 2. The second kappa shape index (κ2) is 8.97. The smallest absolute Gasteiger partial charge is 0.241 e. The second-order valence-electron chi connectivity index (χ2n) is 7.81. The van der Waals surface area contributed by atoms with Crippen molar-refractivity contribution in [3.05, 3.63) is 59.1 Å². The van der Waals surface area contributed by atoms with Gasteiger partial charge in [0.2, 0.25) is 21.8 Å². The number of nitrogens with zero attached hydrogens (tertiary/aromatic N) is 3. The third-order valence-electron chi connectivity index (χ3n) is 5.43. The van der Waals surface area contributed by atoms with E-state index in [2.05, 4.69) is 10.3 Å². The van der Waals surface area contributed by atoms with Crippen LogP contribution in [-0.2, 0) is 26.0 Å². The molecule has 2 heterocycles. The summed E-state index contributed by atoms with van der Waals surface area (Å²) in [6.45, 7) is 1.32. The quantitative estimate of drug-likeness (QED) is 0.567. The molecule has 0 radical (unpaired) electrons. The number of nitrogens with one attached hydrogen (secondary N) is 1. The van der Waals surface area contributed by atoms with E-state index in [0.717, 1.165) is 0 Å². The van der Waals surface area contributed by atoms with Crippen LogP contribution < -0.4 is 15.4 Å². The summed E-state index contributed by atoms with van der Waals surface area (Å²) in [6.07, 6.45) is 0.0132. The van der Waals surface area contributed by atoms with Gasteiger partial charge in [-0.2, -0.15) is 0 Å². The van der Waals surface area contributed by atoms with Crippen molar-refractivity contribution >= 4 is 55.8 Å². The predicted molar refractivity (Wildman–Crippen MR) is 127 cm³/mol. The van der Waals surface area contributed by atoms with Crippen molar-refractivity contribution in [1.82, 2.24) is 9.88 Å². The lowest BCUT2D eigenvalue weighted by Crippen LogP contribution is -2.48. The van der Waals surface area contributed by atoms with Gasteiger partial charge in [-0.15, -0.1) is 0 Å². The highest BCUT2D eigenvalue weighted by molar-refractivity contribution is 7.89. The van der Waals surface area contributed by atoms with Crippen LogP contribution in [0.25, 0.3) is 10.9 Å². The maximum atomic E-state index is 12.6. The molecule has 33 heavy (non-hydrogen) atoms. The van der Waals surface area contributed by atoms with Gasteiger partial charge in [-0.1, -0.05) is 29.8 Å². The van der Waals surface area contributed by atoms with Crippen molar-refractivity contribution in [2.45, 2.75) is 11.3 Å². The SMILES string of the molecule is CN1CCN(c2ccc3c(S(N)(=O)=O)cc(NC(=O)Cc4ccccc4Cl)cc3n2)CC1=O. The number of aromatic nitrogens is 1. The van der Waals surface area contributed by atoms with Crippen molar-refractivity contribution in [3.63, 3.8) is 0 Å². The van der Waals surface area contributed by atoms with E-state index in [1.807, 2.05) is 4.90 Å². The van der Waals surface area contributed by atoms with Crippen LogP contribution >= 0.6 is 11.6 Å². The molecule has 0 spiro atoms. The third-order valence-corrected chi connectivity index (χ3v) is 6.75. The van der Waals surface area contributed by atoms with Crippen LogP contribution in [0.5, 0.6) is 0 Å². The van der Waals surface area contributed by atoms with Gasteiger partial charge in [0.15, 0.2) is 0 Å². The van der Waals surface area contributed by atoms with Crippen molar-refractivity contribution in [2.75, 3.05) is 36.9 Å².